The smallest absolute Gasteiger partial charge is 0.135 e. The molecule has 1 saturated heterocycles. The molecule has 1 fully saturated rings. The molecule has 3 rings (SSSR count). The molecule has 1 unspecified atom stereocenters. The van der Waals surface area contributed by atoms with Crippen LogP contribution in [0.3, 0.4) is 0 Å². The fourth-order valence-corrected chi connectivity index (χ4v) is 2.81. The van der Waals surface area contributed by atoms with Crippen molar-refractivity contribution in [3.05, 3.63) is 54.0 Å². The van der Waals surface area contributed by atoms with E-state index in [1.165, 1.54) is 5.56 Å². The van der Waals surface area contributed by atoms with E-state index >= 15 is 0 Å². The third kappa shape index (κ3) is 5.01. The highest BCUT2D eigenvalue weighted by Gasteiger charge is 2.14. The van der Waals surface area contributed by atoms with Gasteiger partial charge in [-0.25, -0.2) is 9.97 Å². The Kier molecular flexibility index (Phi) is 5.56. The Bertz CT molecular complexity index is 599. The maximum Gasteiger partial charge on any atom is 0.135 e. The molecule has 1 atom stereocenters. The van der Waals surface area contributed by atoms with Gasteiger partial charge in [-0.2, -0.15) is 0 Å². The van der Waals surface area contributed by atoms with Crippen LogP contribution in [0.5, 0.6) is 0 Å². The molecule has 1 aromatic carbocycles. The van der Waals surface area contributed by atoms with Crippen molar-refractivity contribution < 1.29 is 4.74 Å². The summed E-state index contributed by atoms with van der Waals surface area (Å²) in [5, 5.41) is 3.48. The van der Waals surface area contributed by atoms with E-state index in [0.29, 0.717) is 6.04 Å². The maximum atomic E-state index is 5.39. The second-order valence-corrected chi connectivity index (χ2v) is 5.98. The van der Waals surface area contributed by atoms with Crippen molar-refractivity contribution in [2.24, 2.45) is 0 Å². The van der Waals surface area contributed by atoms with Crippen molar-refractivity contribution in [3.63, 3.8) is 0 Å². The zero-order valence-corrected chi connectivity index (χ0v) is 13.6. The van der Waals surface area contributed by atoms with Crippen LogP contribution in [0.15, 0.2) is 42.6 Å². The fraction of sp³-hybridized carbons (Fsp3) is 0.444. The number of rotatable bonds is 6. The molecule has 1 N–H and O–H groups in total. The third-order valence-electron chi connectivity index (χ3n) is 3.94. The molecular weight excluding hydrogens is 288 g/mol. The summed E-state index contributed by atoms with van der Waals surface area (Å²) >= 11 is 0. The van der Waals surface area contributed by atoms with Crippen molar-refractivity contribution in [2.45, 2.75) is 19.4 Å². The minimum atomic E-state index is 0.340. The number of anilines is 1. The Morgan fingerprint density at radius 3 is 2.74 bits per heavy atom. The van der Waals surface area contributed by atoms with Gasteiger partial charge in [-0.1, -0.05) is 30.3 Å². The highest BCUT2D eigenvalue weighted by Crippen LogP contribution is 2.10. The molecule has 1 aliphatic heterocycles. The van der Waals surface area contributed by atoms with Crippen LogP contribution in [0.4, 0.5) is 5.82 Å². The molecule has 2 heterocycles. The van der Waals surface area contributed by atoms with Gasteiger partial charge in [0.15, 0.2) is 0 Å². The van der Waals surface area contributed by atoms with Crippen LogP contribution in [0.1, 0.15) is 18.3 Å². The molecule has 0 aliphatic carbocycles. The molecule has 2 aromatic rings. The van der Waals surface area contributed by atoms with E-state index in [1.54, 1.807) is 0 Å². The van der Waals surface area contributed by atoms with Gasteiger partial charge < -0.3 is 10.1 Å². The normalized spacial score (nSPS) is 16.9. The van der Waals surface area contributed by atoms with Crippen molar-refractivity contribution in [3.8, 4) is 0 Å². The maximum absolute atomic E-state index is 5.39. The second kappa shape index (κ2) is 8.04. The molecule has 5 heteroatoms. The van der Waals surface area contributed by atoms with Gasteiger partial charge in [0.1, 0.15) is 11.6 Å². The number of hydrogen-bond acceptors (Lipinski definition) is 5. The molecule has 1 aromatic heterocycles. The van der Waals surface area contributed by atoms with E-state index < -0.39 is 0 Å². The second-order valence-electron chi connectivity index (χ2n) is 5.98. The SMILES string of the molecule is CC(CN1CCOCC1)Nc1ccnc(Cc2ccccc2)n1. The minimum Gasteiger partial charge on any atom is -0.379 e. The first-order valence-electron chi connectivity index (χ1n) is 8.22. The molecule has 0 bridgehead atoms. The van der Waals surface area contributed by atoms with Crippen LogP contribution in [0.25, 0.3) is 0 Å². The van der Waals surface area contributed by atoms with E-state index in [1.807, 2.05) is 30.5 Å². The molecule has 0 spiro atoms. The Morgan fingerprint density at radius 1 is 1.17 bits per heavy atom. The highest BCUT2D eigenvalue weighted by molar-refractivity contribution is 5.35. The molecule has 0 saturated carbocycles. The Hall–Kier alpha value is -1.98. The van der Waals surface area contributed by atoms with Crippen LogP contribution in [0, 0.1) is 0 Å². The number of hydrogen-bond donors (Lipinski definition) is 1. The summed E-state index contributed by atoms with van der Waals surface area (Å²) in [5.41, 5.74) is 1.23. The summed E-state index contributed by atoms with van der Waals surface area (Å²) in [6.45, 7) is 6.88. The van der Waals surface area contributed by atoms with Crippen molar-refractivity contribution in [1.82, 2.24) is 14.9 Å². The van der Waals surface area contributed by atoms with Gasteiger partial charge in [0.05, 0.1) is 13.2 Å². The van der Waals surface area contributed by atoms with Crippen molar-refractivity contribution in [1.29, 1.82) is 0 Å². The standard InChI is InChI=1S/C18H24N4O/c1-15(14-22-9-11-23-12-10-22)20-17-7-8-19-18(21-17)13-16-5-3-2-4-6-16/h2-8,15H,9-14H2,1H3,(H,19,20,21). The predicted molar refractivity (Wildman–Crippen MR) is 91.6 cm³/mol. The fourth-order valence-electron chi connectivity index (χ4n) is 2.81. The Balaban J connectivity index is 1.56. The van der Waals surface area contributed by atoms with Gasteiger partial charge in [-0.3, -0.25) is 4.90 Å². The molecule has 23 heavy (non-hydrogen) atoms. The van der Waals surface area contributed by atoms with Crippen LogP contribution in [-0.2, 0) is 11.2 Å². The molecule has 5 nitrogen and oxygen atoms in total. The molecule has 0 radical (unpaired) electrons. The largest absolute Gasteiger partial charge is 0.379 e. The van der Waals surface area contributed by atoms with Gasteiger partial charge >= 0.3 is 0 Å². The Morgan fingerprint density at radius 2 is 1.96 bits per heavy atom. The summed E-state index contributed by atoms with van der Waals surface area (Å²) in [6, 6.07) is 12.6. The van der Waals surface area contributed by atoms with E-state index in [0.717, 1.165) is 50.9 Å². The average molecular weight is 312 g/mol. The quantitative estimate of drug-likeness (QED) is 0.886. The molecular formula is C18H24N4O. The lowest BCUT2D eigenvalue weighted by Crippen LogP contribution is -2.42. The average Bonchev–Trinajstić information content (AvgIpc) is 2.57. The summed E-state index contributed by atoms with van der Waals surface area (Å²) in [6.07, 6.45) is 2.59. The van der Waals surface area contributed by atoms with Crippen LogP contribution in [0.2, 0.25) is 0 Å². The molecule has 0 amide bonds. The van der Waals surface area contributed by atoms with Gasteiger partial charge in [-0.15, -0.1) is 0 Å². The number of morpholine rings is 1. The molecule has 1 aliphatic rings. The lowest BCUT2D eigenvalue weighted by Gasteiger charge is -2.29. The lowest BCUT2D eigenvalue weighted by molar-refractivity contribution is 0.0368. The number of ether oxygens (including phenoxy) is 1. The predicted octanol–water partition coefficient (Wildman–Crippen LogP) is 2.20. The monoisotopic (exact) mass is 312 g/mol. The zero-order valence-electron chi connectivity index (χ0n) is 13.6. The first-order valence-corrected chi connectivity index (χ1v) is 8.22. The van der Waals surface area contributed by atoms with Crippen molar-refractivity contribution in [2.75, 3.05) is 38.2 Å². The van der Waals surface area contributed by atoms with Gasteiger partial charge in [0.2, 0.25) is 0 Å². The first kappa shape index (κ1) is 15.9. The van der Waals surface area contributed by atoms with Crippen LogP contribution < -0.4 is 5.32 Å². The van der Waals surface area contributed by atoms with E-state index in [9.17, 15) is 0 Å². The van der Waals surface area contributed by atoms with E-state index in [4.69, 9.17) is 4.74 Å². The third-order valence-corrected chi connectivity index (χ3v) is 3.94. The minimum absolute atomic E-state index is 0.340. The highest BCUT2D eigenvalue weighted by atomic mass is 16.5. The summed E-state index contributed by atoms with van der Waals surface area (Å²) in [4.78, 5) is 11.4. The summed E-state index contributed by atoms with van der Waals surface area (Å²) in [7, 11) is 0. The van der Waals surface area contributed by atoms with Gasteiger partial charge in [0.25, 0.3) is 0 Å². The number of benzene rings is 1. The summed E-state index contributed by atoms with van der Waals surface area (Å²) < 4.78 is 5.39. The van der Waals surface area contributed by atoms with Gasteiger partial charge in [-0.05, 0) is 18.6 Å². The van der Waals surface area contributed by atoms with E-state index in [-0.39, 0.29) is 0 Å². The zero-order chi connectivity index (χ0) is 15.9. The Labute approximate surface area is 137 Å². The molecule has 122 valence electrons. The number of nitrogens with one attached hydrogen (secondary N) is 1. The first-order chi connectivity index (χ1) is 11.3. The number of aromatic nitrogens is 2. The van der Waals surface area contributed by atoms with Crippen molar-refractivity contribution >= 4 is 5.82 Å². The van der Waals surface area contributed by atoms with E-state index in [2.05, 4.69) is 39.2 Å². The van der Waals surface area contributed by atoms with Crippen LogP contribution >= 0.6 is 0 Å². The lowest BCUT2D eigenvalue weighted by atomic mass is 10.1. The van der Waals surface area contributed by atoms with Crippen LogP contribution in [-0.4, -0.2) is 53.8 Å². The number of nitrogens with zero attached hydrogens (tertiary/aromatic N) is 3. The summed E-state index contributed by atoms with van der Waals surface area (Å²) in [5.74, 6) is 1.74. The van der Waals surface area contributed by atoms with Gasteiger partial charge in [0, 0.05) is 38.3 Å². The topological polar surface area (TPSA) is 50.3 Å².